The number of hydrogen-bond donors (Lipinski definition) is 1. The van der Waals surface area contributed by atoms with Crippen molar-refractivity contribution in [1.29, 1.82) is 0 Å². The number of amides is 1. The van der Waals surface area contributed by atoms with Crippen LogP contribution in [0, 0.1) is 5.82 Å². The third-order valence-electron chi connectivity index (χ3n) is 3.58. The summed E-state index contributed by atoms with van der Waals surface area (Å²) in [6.07, 6.45) is 0. The topological polar surface area (TPSA) is 77.2 Å². The van der Waals surface area contributed by atoms with Gasteiger partial charge in [-0.3, -0.25) is 4.79 Å². The molecule has 0 saturated heterocycles. The monoisotopic (exact) mass is 377 g/mol. The van der Waals surface area contributed by atoms with Crippen molar-refractivity contribution < 1.29 is 27.2 Å². The Morgan fingerprint density at radius 1 is 1.19 bits per heavy atom. The molecular formula is C18H14F3N3O3. The second-order valence-corrected chi connectivity index (χ2v) is 5.56. The lowest BCUT2D eigenvalue weighted by Gasteiger charge is -2.11. The average Bonchev–Trinajstić information content (AvgIpc) is 3.12. The van der Waals surface area contributed by atoms with Gasteiger partial charge in [0.25, 0.3) is 5.91 Å². The summed E-state index contributed by atoms with van der Waals surface area (Å²) in [6, 6.07) is 10.3. The van der Waals surface area contributed by atoms with Gasteiger partial charge >= 0.3 is 6.61 Å². The lowest BCUT2D eigenvalue weighted by Crippen LogP contribution is -2.26. The van der Waals surface area contributed by atoms with Crippen molar-refractivity contribution in [3.63, 3.8) is 0 Å². The highest BCUT2D eigenvalue weighted by Crippen LogP contribution is 2.20. The van der Waals surface area contributed by atoms with Crippen LogP contribution in [0.3, 0.4) is 0 Å². The summed E-state index contributed by atoms with van der Waals surface area (Å²) in [5.74, 6) is -0.646. The molecule has 0 spiro atoms. The molecule has 0 aliphatic carbocycles. The maximum Gasteiger partial charge on any atom is 0.387 e. The van der Waals surface area contributed by atoms with E-state index in [1.54, 1.807) is 6.92 Å². The molecule has 140 valence electrons. The van der Waals surface area contributed by atoms with Crippen molar-refractivity contribution in [2.24, 2.45) is 0 Å². The Hall–Kier alpha value is -3.36. The van der Waals surface area contributed by atoms with E-state index in [4.69, 9.17) is 4.52 Å². The zero-order valence-corrected chi connectivity index (χ0v) is 14.0. The second-order valence-electron chi connectivity index (χ2n) is 5.56. The molecule has 1 amide bonds. The van der Waals surface area contributed by atoms with E-state index in [9.17, 15) is 18.0 Å². The first kappa shape index (κ1) is 18.4. The Labute approximate surface area is 152 Å². The number of alkyl halides is 2. The molecule has 3 aromatic rings. The van der Waals surface area contributed by atoms with E-state index in [0.717, 1.165) is 0 Å². The smallest absolute Gasteiger partial charge is 0.387 e. The number of carbonyl (C=O) groups is 1. The number of hydrogen-bond acceptors (Lipinski definition) is 5. The largest absolute Gasteiger partial charge is 0.435 e. The summed E-state index contributed by atoms with van der Waals surface area (Å²) >= 11 is 0. The number of aromatic nitrogens is 2. The van der Waals surface area contributed by atoms with Crippen molar-refractivity contribution in [2.75, 3.05) is 0 Å². The minimum Gasteiger partial charge on any atom is -0.435 e. The molecule has 27 heavy (non-hydrogen) atoms. The van der Waals surface area contributed by atoms with E-state index in [1.807, 2.05) is 0 Å². The molecule has 1 unspecified atom stereocenters. The van der Waals surface area contributed by atoms with Crippen LogP contribution < -0.4 is 10.1 Å². The number of carbonyl (C=O) groups excluding carboxylic acids is 1. The van der Waals surface area contributed by atoms with Gasteiger partial charge in [-0.2, -0.15) is 13.8 Å². The van der Waals surface area contributed by atoms with Crippen molar-refractivity contribution in [2.45, 2.75) is 19.6 Å². The highest BCUT2D eigenvalue weighted by atomic mass is 19.3. The summed E-state index contributed by atoms with van der Waals surface area (Å²) in [5, 5.41) is 6.43. The quantitative estimate of drug-likeness (QED) is 0.703. The van der Waals surface area contributed by atoms with Gasteiger partial charge in [0, 0.05) is 11.1 Å². The van der Waals surface area contributed by atoms with Gasteiger partial charge < -0.3 is 14.6 Å². The number of nitrogens with zero attached hydrogens (tertiary/aromatic N) is 2. The van der Waals surface area contributed by atoms with Crippen molar-refractivity contribution in [3.8, 4) is 17.1 Å². The van der Waals surface area contributed by atoms with Gasteiger partial charge in [0.2, 0.25) is 11.7 Å². The zero-order valence-electron chi connectivity index (χ0n) is 14.0. The van der Waals surface area contributed by atoms with Crippen LogP contribution in [0.25, 0.3) is 11.4 Å². The molecule has 0 radical (unpaired) electrons. The molecule has 6 nitrogen and oxygen atoms in total. The lowest BCUT2D eigenvalue weighted by molar-refractivity contribution is -0.0498. The van der Waals surface area contributed by atoms with Gasteiger partial charge in [-0.25, -0.2) is 4.39 Å². The van der Waals surface area contributed by atoms with E-state index in [-0.39, 0.29) is 28.8 Å². The predicted molar refractivity (Wildman–Crippen MR) is 88.6 cm³/mol. The van der Waals surface area contributed by atoms with Gasteiger partial charge in [-0.05, 0) is 49.4 Å². The summed E-state index contributed by atoms with van der Waals surface area (Å²) < 4.78 is 46.9. The van der Waals surface area contributed by atoms with Gasteiger partial charge in [0.05, 0.1) is 0 Å². The SMILES string of the molecule is CC(NC(=O)c1cccc(OC(F)F)c1)c1nc(-c2ccc(F)cc2)no1. The summed E-state index contributed by atoms with van der Waals surface area (Å²) in [6.45, 7) is -1.36. The molecule has 0 bridgehead atoms. The van der Waals surface area contributed by atoms with Crippen LogP contribution in [-0.2, 0) is 0 Å². The Bertz CT molecular complexity index is 929. The molecule has 0 fully saturated rings. The number of rotatable bonds is 6. The van der Waals surface area contributed by atoms with Gasteiger partial charge in [0.1, 0.15) is 17.6 Å². The average molecular weight is 377 g/mol. The molecule has 2 aromatic carbocycles. The molecule has 1 N–H and O–H groups in total. The third kappa shape index (κ3) is 4.63. The van der Waals surface area contributed by atoms with E-state index in [2.05, 4.69) is 20.2 Å². The fourth-order valence-corrected chi connectivity index (χ4v) is 2.28. The molecule has 0 aliphatic rings. The minimum atomic E-state index is -2.98. The van der Waals surface area contributed by atoms with Crippen molar-refractivity contribution >= 4 is 5.91 Å². The van der Waals surface area contributed by atoms with Crippen molar-refractivity contribution in [1.82, 2.24) is 15.5 Å². The van der Waals surface area contributed by atoms with Crippen LogP contribution in [0.1, 0.15) is 29.2 Å². The first-order valence-electron chi connectivity index (χ1n) is 7.87. The standard InChI is InChI=1S/C18H14F3N3O3/c1-10(17-23-15(24-27-17)11-5-7-13(19)8-6-11)22-16(25)12-3-2-4-14(9-12)26-18(20)21/h2-10,18H,1H3,(H,22,25). The molecule has 9 heteroatoms. The molecule has 1 heterocycles. The fraction of sp³-hybridized carbons (Fsp3) is 0.167. The Morgan fingerprint density at radius 3 is 2.63 bits per heavy atom. The Morgan fingerprint density at radius 2 is 1.93 bits per heavy atom. The first-order chi connectivity index (χ1) is 12.9. The minimum absolute atomic E-state index is 0.123. The highest BCUT2D eigenvalue weighted by molar-refractivity contribution is 5.94. The van der Waals surface area contributed by atoms with Gasteiger partial charge in [-0.15, -0.1) is 0 Å². The van der Waals surface area contributed by atoms with Crippen LogP contribution in [0.2, 0.25) is 0 Å². The van der Waals surface area contributed by atoms with Crippen LogP contribution in [-0.4, -0.2) is 22.7 Å². The molecule has 3 rings (SSSR count). The predicted octanol–water partition coefficient (Wildman–Crippen LogP) is 3.97. The fourth-order valence-electron chi connectivity index (χ4n) is 2.28. The Kier molecular flexibility index (Phi) is 5.39. The molecule has 1 atom stereocenters. The summed E-state index contributed by atoms with van der Waals surface area (Å²) in [4.78, 5) is 16.5. The second kappa shape index (κ2) is 7.90. The van der Waals surface area contributed by atoms with Gasteiger partial charge in [0.15, 0.2) is 0 Å². The lowest BCUT2D eigenvalue weighted by atomic mass is 10.2. The number of benzene rings is 2. The Balaban J connectivity index is 1.69. The molecule has 1 aromatic heterocycles. The molecule has 0 aliphatic heterocycles. The van der Waals surface area contributed by atoms with E-state index in [0.29, 0.717) is 5.56 Å². The van der Waals surface area contributed by atoms with Crippen LogP contribution in [0.4, 0.5) is 13.2 Å². The molecular weight excluding hydrogens is 363 g/mol. The van der Waals surface area contributed by atoms with Crippen LogP contribution in [0.15, 0.2) is 53.1 Å². The van der Waals surface area contributed by atoms with Crippen LogP contribution in [0.5, 0.6) is 5.75 Å². The normalized spacial score (nSPS) is 12.0. The van der Waals surface area contributed by atoms with E-state index >= 15 is 0 Å². The number of nitrogens with one attached hydrogen (secondary N) is 1. The summed E-state index contributed by atoms with van der Waals surface area (Å²) in [5.41, 5.74) is 0.694. The molecule has 0 saturated carbocycles. The maximum atomic E-state index is 13.0. The zero-order chi connectivity index (χ0) is 19.4. The number of halogens is 3. The number of ether oxygens (including phenoxy) is 1. The highest BCUT2D eigenvalue weighted by Gasteiger charge is 2.19. The van der Waals surface area contributed by atoms with Crippen LogP contribution >= 0.6 is 0 Å². The first-order valence-corrected chi connectivity index (χ1v) is 7.87. The van der Waals surface area contributed by atoms with E-state index in [1.165, 1.54) is 48.5 Å². The maximum absolute atomic E-state index is 13.0. The van der Waals surface area contributed by atoms with E-state index < -0.39 is 18.6 Å². The van der Waals surface area contributed by atoms with Gasteiger partial charge in [-0.1, -0.05) is 11.2 Å². The summed E-state index contributed by atoms with van der Waals surface area (Å²) in [7, 11) is 0. The third-order valence-corrected chi connectivity index (χ3v) is 3.58. The van der Waals surface area contributed by atoms with Crippen molar-refractivity contribution in [3.05, 3.63) is 65.8 Å².